The predicted octanol–water partition coefficient (Wildman–Crippen LogP) is 15.0. The van der Waals surface area contributed by atoms with Crippen LogP contribution in [0.1, 0.15) is 174 Å². The van der Waals surface area contributed by atoms with Crippen molar-refractivity contribution in [1.29, 1.82) is 0 Å². The second-order valence-electron chi connectivity index (χ2n) is 18.1. The van der Waals surface area contributed by atoms with Crippen LogP contribution in [-0.4, -0.2) is 68.5 Å². The van der Waals surface area contributed by atoms with Gasteiger partial charge in [0.15, 0.2) is 0 Å². The number of likely N-dealkylation sites (N-methyl/N-ethyl adjacent to an activating group) is 1. The zero-order valence-electron chi connectivity index (χ0n) is 43.0. The Hall–Kier alpha value is -3.36. The minimum atomic E-state index is -4.58. The second-order valence-corrected chi connectivity index (χ2v) is 19.6. The maximum absolute atomic E-state index is 12.7. The first kappa shape index (κ1) is 63.6. The lowest BCUT2D eigenvalue weighted by Crippen LogP contribution is -2.45. The van der Waals surface area contributed by atoms with Crippen molar-refractivity contribution in [3.63, 3.8) is 0 Å². The number of nitrogens with zero attached hydrogens (tertiary/aromatic N) is 1. The highest BCUT2D eigenvalue weighted by Gasteiger charge is 2.23. The first-order valence-corrected chi connectivity index (χ1v) is 27.5. The molecular weight excluding hydrogens is 852 g/mol. The van der Waals surface area contributed by atoms with E-state index in [2.05, 4.69) is 141 Å². The summed E-state index contributed by atoms with van der Waals surface area (Å²) in [7, 11) is 1.23. The largest absolute Gasteiger partial charge is 0.756 e. The third-order valence-electron chi connectivity index (χ3n) is 10.6. The van der Waals surface area contributed by atoms with Crippen molar-refractivity contribution in [3.05, 3.63) is 134 Å². The summed E-state index contributed by atoms with van der Waals surface area (Å²) >= 11 is 0. The third kappa shape index (κ3) is 50.3. The Morgan fingerprint density at radius 3 is 1.31 bits per heavy atom. The van der Waals surface area contributed by atoms with Crippen molar-refractivity contribution in [3.8, 4) is 0 Å². The predicted molar refractivity (Wildman–Crippen MR) is 288 cm³/mol. The minimum Gasteiger partial charge on any atom is -0.756 e. The molecule has 0 fully saturated rings. The van der Waals surface area contributed by atoms with E-state index in [4.69, 9.17) is 9.05 Å². The fraction of sp³-hybridized carbons (Fsp3) is 0.603. The summed E-state index contributed by atoms with van der Waals surface area (Å²) in [5, 5.41) is 13.5. The van der Waals surface area contributed by atoms with Crippen LogP contribution in [0.25, 0.3) is 0 Å². The molecule has 0 rings (SSSR count). The SMILES string of the molecule is CC/C=C\C/C=C\C/C=C\C/C=C\C/C=C\C/C=C\C/C=C\C/C=C\C/C=C\C/C=C\CCCCCCCCCCCCC(=O)NC(COP(=O)([O-])OCC[N+](C)(C)C)C(O)/C=C/CCCC. The van der Waals surface area contributed by atoms with Gasteiger partial charge in [0, 0.05) is 6.42 Å². The fourth-order valence-corrected chi connectivity index (χ4v) is 7.24. The first-order valence-electron chi connectivity index (χ1n) is 26.0. The average Bonchev–Trinajstić information content (AvgIpc) is 3.29. The molecule has 0 saturated carbocycles. The summed E-state index contributed by atoms with van der Waals surface area (Å²) < 4.78 is 23.0. The smallest absolute Gasteiger partial charge is 0.268 e. The van der Waals surface area contributed by atoms with E-state index in [0.29, 0.717) is 17.4 Å². The lowest BCUT2D eigenvalue weighted by Gasteiger charge is -2.29. The number of phosphoric acid groups is 1. The molecule has 380 valence electrons. The number of aliphatic hydroxyl groups is 1. The molecule has 0 radical (unpaired) electrons. The van der Waals surface area contributed by atoms with Gasteiger partial charge in [-0.05, 0) is 89.9 Å². The van der Waals surface area contributed by atoms with Crippen LogP contribution in [0.4, 0.5) is 0 Å². The summed E-state index contributed by atoms with van der Waals surface area (Å²) in [5.74, 6) is -0.219. The summed E-state index contributed by atoms with van der Waals surface area (Å²) in [6.07, 6.45) is 73.2. The van der Waals surface area contributed by atoms with E-state index in [1.54, 1.807) is 6.08 Å². The molecule has 0 aromatic rings. The molecule has 8 nitrogen and oxygen atoms in total. The van der Waals surface area contributed by atoms with E-state index >= 15 is 0 Å². The lowest BCUT2D eigenvalue weighted by molar-refractivity contribution is -0.870. The van der Waals surface area contributed by atoms with Gasteiger partial charge in [-0.2, -0.15) is 0 Å². The van der Waals surface area contributed by atoms with Gasteiger partial charge in [-0.3, -0.25) is 9.36 Å². The molecule has 0 aliphatic heterocycles. The third-order valence-corrected chi connectivity index (χ3v) is 11.6. The monoisotopic (exact) mass is 949 g/mol. The molecule has 0 saturated heterocycles. The zero-order chi connectivity index (χ0) is 49.2. The Labute approximate surface area is 411 Å². The van der Waals surface area contributed by atoms with E-state index in [-0.39, 0.29) is 12.5 Å². The fourth-order valence-electron chi connectivity index (χ4n) is 6.52. The maximum atomic E-state index is 12.7. The van der Waals surface area contributed by atoms with Crippen LogP contribution in [0, 0.1) is 0 Å². The van der Waals surface area contributed by atoms with Gasteiger partial charge in [-0.25, -0.2) is 0 Å². The normalized spacial score (nSPS) is 15.1. The maximum Gasteiger partial charge on any atom is 0.268 e. The number of nitrogens with one attached hydrogen (secondary N) is 1. The molecule has 0 aliphatic rings. The van der Waals surface area contributed by atoms with Gasteiger partial charge in [-0.15, -0.1) is 0 Å². The van der Waals surface area contributed by atoms with Crippen LogP contribution < -0.4 is 10.2 Å². The summed E-state index contributed by atoms with van der Waals surface area (Å²) in [6, 6.07) is -0.892. The number of carbonyl (C=O) groups is 1. The summed E-state index contributed by atoms with van der Waals surface area (Å²) in [5.41, 5.74) is 0. The zero-order valence-corrected chi connectivity index (χ0v) is 43.9. The number of rotatable bonds is 45. The Balaban J connectivity index is 3.89. The van der Waals surface area contributed by atoms with Crippen molar-refractivity contribution in [2.75, 3.05) is 40.9 Å². The highest BCUT2D eigenvalue weighted by molar-refractivity contribution is 7.45. The summed E-state index contributed by atoms with van der Waals surface area (Å²) in [6.45, 7) is 4.34. The Morgan fingerprint density at radius 1 is 0.537 bits per heavy atom. The molecule has 0 aliphatic carbocycles. The molecule has 1 amide bonds. The van der Waals surface area contributed by atoms with E-state index < -0.39 is 26.6 Å². The van der Waals surface area contributed by atoms with Crippen molar-refractivity contribution in [2.45, 2.75) is 187 Å². The van der Waals surface area contributed by atoms with Crippen LogP contribution in [-0.2, 0) is 18.4 Å². The van der Waals surface area contributed by atoms with E-state index in [9.17, 15) is 19.4 Å². The number of allylic oxidation sites excluding steroid dienone is 21. The Morgan fingerprint density at radius 2 is 0.910 bits per heavy atom. The number of carbonyl (C=O) groups excluding carboxylic acids is 1. The Kier molecular flexibility index (Phi) is 45.3. The van der Waals surface area contributed by atoms with E-state index in [1.165, 1.54) is 44.9 Å². The molecule has 3 atom stereocenters. The number of phosphoric ester groups is 1. The molecule has 9 heteroatoms. The topological polar surface area (TPSA) is 108 Å². The lowest BCUT2D eigenvalue weighted by atomic mass is 10.0. The van der Waals surface area contributed by atoms with E-state index in [0.717, 1.165) is 109 Å². The van der Waals surface area contributed by atoms with Gasteiger partial charge in [-0.1, -0.05) is 212 Å². The van der Waals surface area contributed by atoms with E-state index in [1.807, 2.05) is 27.2 Å². The molecule has 0 aromatic carbocycles. The number of aliphatic hydroxyl groups excluding tert-OH is 1. The van der Waals surface area contributed by atoms with Gasteiger partial charge in [0.1, 0.15) is 13.2 Å². The highest BCUT2D eigenvalue weighted by atomic mass is 31.2. The number of quaternary nitrogens is 1. The molecule has 67 heavy (non-hydrogen) atoms. The average molecular weight is 949 g/mol. The highest BCUT2D eigenvalue weighted by Crippen LogP contribution is 2.38. The molecule has 0 bridgehead atoms. The first-order chi connectivity index (χ1) is 32.5. The van der Waals surface area contributed by atoms with Gasteiger partial charge in [0.05, 0.1) is 39.9 Å². The van der Waals surface area contributed by atoms with Gasteiger partial charge in [0.25, 0.3) is 7.82 Å². The molecule has 2 N–H and O–H groups in total. The summed E-state index contributed by atoms with van der Waals surface area (Å²) in [4.78, 5) is 25.1. The molecular formula is C58H97N2O6P. The molecule has 0 heterocycles. The van der Waals surface area contributed by atoms with Crippen LogP contribution >= 0.6 is 7.82 Å². The van der Waals surface area contributed by atoms with Crippen LogP contribution in [0.15, 0.2) is 134 Å². The number of hydrogen-bond donors (Lipinski definition) is 2. The molecule has 0 spiro atoms. The standard InChI is InChI=1S/C58H97N2O6P/c1-6-8-10-12-13-14-15-16-17-18-19-20-21-22-23-24-25-26-27-28-29-30-31-32-33-34-35-36-37-38-39-40-41-42-43-44-45-46-47-48-50-52-58(62)59-56(57(61)51-49-11-9-7-2)55-66-67(63,64)65-54-53-60(3,4)5/h8,10,13-14,16-17,19-20,22-23,25-26,28-29,31-32,34-35,37-38,49,51,56-57,61H,6-7,9,11-12,15,18,21,24,27,30,33,36,39-48,50,52-55H2,1-5H3,(H-,59,62,63,64)/b10-8-,14-13-,17-16-,20-19-,23-22-,26-25-,29-28-,32-31-,35-34-,38-37-,51-49+. The van der Waals surface area contributed by atoms with Crippen molar-refractivity contribution >= 4 is 13.7 Å². The number of amides is 1. The van der Waals surface area contributed by atoms with Crippen LogP contribution in [0.2, 0.25) is 0 Å². The van der Waals surface area contributed by atoms with Gasteiger partial charge in [0.2, 0.25) is 5.91 Å². The van der Waals surface area contributed by atoms with Crippen LogP contribution in [0.3, 0.4) is 0 Å². The second kappa shape index (κ2) is 47.7. The van der Waals surface area contributed by atoms with Crippen LogP contribution in [0.5, 0.6) is 0 Å². The number of unbranched alkanes of at least 4 members (excludes halogenated alkanes) is 12. The molecule has 3 unspecified atom stereocenters. The van der Waals surface area contributed by atoms with Crippen molar-refractivity contribution in [1.82, 2.24) is 5.32 Å². The minimum absolute atomic E-state index is 0.00940. The quantitative estimate of drug-likeness (QED) is 0.0272. The van der Waals surface area contributed by atoms with Gasteiger partial charge < -0.3 is 28.8 Å². The number of hydrogen-bond acceptors (Lipinski definition) is 6. The van der Waals surface area contributed by atoms with Crippen molar-refractivity contribution in [2.24, 2.45) is 0 Å². The van der Waals surface area contributed by atoms with Gasteiger partial charge >= 0.3 is 0 Å². The van der Waals surface area contributed by atoms with Crippen molar-refractivity contribution < 1.29 is 32.9 Å². The molecule has 0 aromatic heterocycles. The Bertz CT molecular complexity index is 1540.